The van der Waals surface area contributed by atoms with Gasteiger partial charge in [0.25, 0.3) is 0 Å². The Balaban J connectivity index is 3.61. The molecule has 104 valence electrons. The minimum absolute atomic E-state index is 0.0957. The van der Waals surface area contributed by atoms with E-state index in [0.29, 0.717) is 0 Å². The summed E-state index contributed by atoms with van der Waals surface area (Å²) in [4.78, 5) is 0. The predicted molar refractivity (Wildman–Crippen MR) is 73.4 cm³/mol. The lowest BCUT2D eigenvalue weighted by Crippen LogP contribution is -2.48. The van der Waals surface area contributed by atoms with Gasteiger partial charge in [-0.05, 0) is 32.2 Å². The molecule has 3 heteroatoms. The summed E-state index contributed by atoms with van der Waals surface area (Å²) < 4.78 is 5.59. The molecule has 0 aromatic carbocycles. The highest BCUT2D eigenvalue weighted by molar-refractivity contribution is 4.85. The van der Waals surface area contributed by atoms with Crippen molar-refractivity contribution in [2.45, 2.75) is 64.8 Å². The topological polar surface area (TPSA) is 41.5 Å². The minimum atomic E-state index is -0.0957. The summed E-state index contributed by atoms with van der Waals surface area (Å²) in [5.41, 5.74) is -0.0957. The van der Waals surface area contributed by atoms with E-state index in [2.05, 4.69) is 26.1 Å². The molecular weight excluding hydrogens is 214 g/mol. The second-order valence-electron chi connectivity index (χ2n) is 4.75. The number of aliphatic hydroxyl groups excluding tert-OH is 1. The van der Waals surface area contributed by atoms with Gasteiger partial charge in [0.05, 0.1) is 6.61 Å². The van der Waals surface area contributed by atoms with Crippen molar-refractivity contribution < 1.29 is 9.84 Å². The van der Waals surface area contributed by atoms with Crippen LogP contribution in [0.1, 0.15) is 59.3 Å². The Morgan fingerprint density at radius 1 is 1.06 bits per heavy atom. The van der Waals surface area contributed by atoms with Crippen molar-refractivity contribution in [1.29, 1.82) is 0 Å². The molecule has 1 atom stereocenters. The highest BCUT2D eigenvalue weighted by Crippen LogP contribution is 2.16. The monoisotopic (exact) mass is 245 g/mol. The van der Waals surface area contributed by atoms with E-state index in [0.717, 1.165) is 39.0 Å². The number of hydrogen-bond acceptors (Lipinski definition) is 3. The van der Waals surface area contributed by atoms with E-state index in [4.69, 9.17) is 4.74 Å². The summed E-state index contributed by atoms with van der Waals surface area (Å²) >= 11 is 0. The van der Waals surface area contributed by atoms with E-state index in [1.807, 2.05) is 0 Å². The summed E-state index contributed by atoms with van der Waals surface area (Å²) in [6.07, 6.45) is 6.64. The molecule has 0 aromatic heterocycles. The third-order valence-corrected chi connectivity index (χ3v) is 3.37. The lowest BCUT2D eigenvalue weighted by molar-refractivity contribution is 0.101. The van der Waals surface area contributed by atoms with E-state index in [9.17, 15) is 5.11 Å². The predicted octanol–water partition coefficient (Wildman–Crippen LogP) is 2.72. The molecule has 3 nitrogen and oxygen atoms in total. The fourth-order valence-electron chi connectivity index (χ4n) is 2.08. The Morgan fingerprint density at radius 3 is 2.29 bits per heavy atom. The first-order valence-corrected chi connectivity index (χ1v) is 7.18. The van der Waals surface area contributed by atoms with E-state index in [-0.39, 0.29) is 12.1 Å². The van der Waals surface area contributed by atoms with Crippen LogP contribution in [0.3, 0.4) is 0 Å². The van der Waals surface area contributed by atoms with E-state index in [1.54, 1.807) is 0 Å². The normalized spacial score (nSPS) is 14.8. The van der Waals surface area contributed by atoms with Gasteiger partial charge in [-0.15, -0.1) is 0 Å². The van der Waals surface area contributed by atoms with Gasteiger partial charge >= 0.3 is 0 Å². The van der Waals surface area contributed by atoms with Crippen LogP contribution in [0.15, 0.2) is 0 Å². The standard InChI is InChI=1S/C14H31NO2/c1-4-7-8-11-17-12-9-10-14(5-2,13-16)15-6-3/h15-16H,4-13H2,1-3H3. The van der Waals surface area contributed by atoms with Gasteiger partial charge in [-0.3, -0.25) is 0 Å². The van der Waals surface area contributed by atoms with Crippen molar-refractivity contribution in [1.82, 2.24) is 5.32 Å². The van der Waals surface area contributed by atoms with Gasteiger partial charge in [-0.2, -0.15) is 0 Å². The van der Waals surface area contributed by atoms with Crippen LogP contribution in [0, 0.1) is 0 Å². The lowest BCUT2D eigenvalue weighted by atomic mass is 9.91. The van der Waals surface area contributed by atoms with Crippen molar-refractivity contribution in [3.8, 4) is 0 Å². The van der Waals surface area contributed by atoms with Crippen molar-refractivity contribution in [3.05, 3.63) is 0 Å². The Labute approximate surface area is 107 Å². The molecular formula is C14H31NO2. The number of hydrogen-bond donors (Lipinski definition) is 2. The van der Waals surface area contributed by atoms with E-state index in [1.165, 1.54) is 19.3 Å². The van der Waals surface area contributed by atoms with Gasteiger partial charge in [0.15, 0.2) is 0 Å². The summed E-state index contributed by atoms with van der Waals surface area (Å²) in [7, 11) is 0. The minimum Gasteiger partial charge on any atom is -0.394 e. The number of unbranched alkanes of at least 4 members (excludes halogenated alkanes) is 2. The number of ether oxygens (including phenoxy) is 1. The van der Waals surface area contributed by atoms with Crippen LogP contribution in [0.25, 0.3) is 0 Å². The SMILES string of the molecule is CCCCCOCCCC(CC)(CO)NCC. The lowest BCUT2D eigenvalue weighted by Gasteiger charge is -2.31. The van der Waals surface area contributed by atoms with Crippen molar-refractivity contribution in [3.63, 3.8) is 0 Å². The third-order valence-electron chi connectivity index (χ3n) is 3.37. The summed E-state index contributed by atoms with van der Waals surface area (Å²) in [5.74, 6) is 0. The van der Waals surface area contributed by atoms with Crippen LogP contribution in [0.4, 0.5) is 0 Å². The summed E-state index contributed by atoms with van der Waals surface area (Å²) in [6.45, 7) is 9.23. The van der Waals surface area contributed by atoms with Crippen LogP contribution < -0.4 is 5.32 Å². The fourth-order valence-corrected chi connectivity index (χ4v) is 2.08. The zero-order valence-corrected chi connectivity index (χ0v) is 11.9. The van der Waals surface area contributed by atoms with Crippen molar-refractivity contribution in [2.75, 3.05) is 26.4 Å². The molecule has 0 radical (unpaired) electrons. The van der Waals surface area contributed by atoms with Gasteiger partial charge in [-0.25, -0.2) is 0 Å². The van der Waals surface area contributed by atoms with Crippen LogP contribution in [-0.4, -0.2) is 37.0 Å². The van der Waals surface area contributed by atoms with Crippen molar-refractivity contribution in [2.24, 2.45) is 0 Å². The molecule has 0 amide bonds. The summed E-state index contributed by atoms with van der Waals surface area (Å²) in [5, 5.41) is 12.9. The molecule has 0 spiro atoms. The Bertz CT molecular complexity index is 158. The number of rotatable bonds is 12. The van der Waals surface area contributed by atoms with Crippen LogP contribution in [0.2, 0.25) is 0 Å². The molecule has 0 saturated carbocycles. The molecule has 0 fully saturated rings. The van der Waals surface area contributed by atoms with Gasteiger partial charge in [0, 0.05) is 18.8 Å². The van der Waals surface area contributed by atoms with Gasteiger partial charge in [-0.1, -0.05) is 33.6 Å². The largest absolute Gasteiger partial charge is 0.394 e. The first-order valence-electron chi connectivity index (χ1n) is 7.18. The smallest absolute Gasteiger partial charge is 0.0613 e. The van der Waals surface area contributed by atoms with Crippen LogP contribution >= 0.6 is 0 Å². The highest BCUT2D eigenvalue weighted by Gasteiger charge is 2.25. The molecule has 0 aliphatic carbocycles. The molecule has 1 unspecified atom stereocenters. The molecule has 0 heterocycles. The first-order chi connectivity index (χ1) is 8.24. The Hall–Kier alpha value is -0.120. The molecule has 0 saturated heterocycles. The van der Waals surface area contributed by atoms with E-state index < -0.39 is 0 Å². The molecule has 17 heavy (non-hydrogen) atoms. The van der Waals surface area contributed by atoms with Crippen LogP contribution in [-0.2, 0) is 4.74 Å². The Morgan fingerprint density at radius 2 is 1.76 bits per heavy atom. The average Bonchev–Trinajstić information content (AvgIpc) is 2.36. The quantitative estimate of drug-likeness (QED) is 0.519. The van der Waals surface area contributed by atoms with E-state index >= 15 is 0 Å². The number of likely N-dealkylation sites (N-methyl/N-ethyl adjacent to an activating group) is 1. The maximum Gasteiger partial charge on any atom is 0.0613 e. The van der Waals surface area contributed by atoms with Crippen LogP contribution in [0.5, 0.6) is 0 Å². The highest BCUT2D eigenvalue weighted by atomic mass is 16.5. The molecule has 0 bridgehead atoms. The molecule has 2 N–H and O–H groups in total. The fraction of sp³-hybridized carbons (Fsp3) is 1.00. The number of aliphatic hydroxyl groups is 1. The zero-order chi connectivity index (χ0) is 13.0. The Kier molecular flexibility index (Phi) is 10.9. The maximum absolute atomic E-state index is 9.48. The van der Waals surface area contributed by atoms with Gasteiger partial charge in [0.1, 0.15) is 0 Å². The summed E-state index contributed by atoms with van der Waals surface area (Å²) in [6, 6.07) is 0. The average molecular weight is 245 g/mol. The second kappa shape index (κ2) is 11.0. The van der Waals surface area contributed by atoms with Crippen molar-refractivity contribution >= 4 is 0 Å². The molecule has 0 aromatic rings. The number of nitrogens with one attached hydrogen (secondary N) is 1. The third kappa shape index (κ3) is 7.74. The first kappa shape index (κ1) is 16.9. The molecule has 0 aliphatic heterocycles. The maximum atomic E-state index is 9.48. The van der Waals surface area contributed by atoms with Gasteiger partial charge < -0.3 is 15.2 Å². The van der Waals surface area contributed by atoms with Gasteiger partial charge in [0.2, 0.25) is 0 Å². The zero-order valence-electron chi connectivity index (χ0n) is 11.9. The molecule has 0 aliphatic rings. The second-order valence-corrected chi connectivity index (χ2v) is 4.75. The molecule has 0 rings (SSSR count).